The van der Waals surface area contributed by atoms with Crippen molar-refractivity contribution in [3.05, 3.63) is 76.4 Å². The lowest BCUT2D eigenvalue weighted by molar-refractivity contribution is -0.164. The van der Waals surface area contributed by atoms with Gasteiger partial charge in [0.15, 0.2) is 0 Å². The van der Waals surface area contributed by atoms with Gasteiger partial charge in [0.05, 0.1) is 34.9 Å². The Labute approximate surface area is 329 Å². The molecule has 2 fully saturated rings. The third-order valence-corrected chi connectivity index (χ3v) is 12.4. The lowest BCUT2D eigenvalue weighted by Crippen LogP contribution is -2.74. The Hall–Kier alpha value is -5.24. The molecule has 2 aromatic carbocycles. The van der Waals surface area contributed by atoms with E-state index in [1.54, 1.807) is 30.3 Å². The second-order valence-corrected chi connectivity index (χ2v) is 17.1. The normalized spacial score (nSPS) is 21.6. The van der Waals surface area contributed by atoms with Crippen LogP contribution in [0.3, 0.4) is 0 Å². The van der Waals surface area contributed by atoms with Crippen LogP contribution in [0.2, 0.25) is 5.02 Å². The molecule has 1 aromatic heterocycles. The molecule has 3 heterocycles. The van der Waals surface area contributed by atoms with Crippen molar-refractivity contribution in [2.75, 3.05) is 26.4 Å². The highest BCUT2D eigenvalue weighted by molar-refractivity contribution is 7.90. The van der Waals surface area contributed by atoms with Crippen LogP contribution < -0.4 is 24.8 Å². The van der Waals surface area contributed by atoms with Crippen molar-refractivity contribution >= 4 is 45.3 Å². The van der Waals surface area contributed by atoms with Crippen LogP contribution in [-0.4, -0.2) is 86.0 Å². The number of hydrogen-bond acceptors (Lipinski definition) is 12. The van der Waals surface area contributed by atoms with Gasteiger partial charge in [-0.1, -0.05) is 39.3 Å². The number of nitrogens with one attached hydrogen (secondary N) is 2. The predicted octanol–water partition coefficient (Wildman–Crippen LogP) is 4.42. The van der Waals surface area contributed by atoms with E-state index in [4.69, 9.17) is 35.8 Å². The quantitative estimate of drug-likeness (QED) is 0.162. The number of nitriles is 1. The Bertz CT molecular complexity index is 2170. The summed E-state index contributed by atoms with van der Waals surface area (Å²) in [7, 11) is -4.31. The summed E-state index contributed by atoms with van der Waals surface area (Å²) in [6.07, 6.45) is 2.17. The Kier molecular flexibility index (Phi) is 11.6. The maximum absolute atomic E-state index is 13.2. The Morgan fingerprint density at radius 3 is 2.32 bits per heavy atom. The minimum Gasteiger partial charge on any atom is -0.493 e. The average Bonchev–Trinajstić information content (AvgIpc) is 3.35. The molecule has 15 nitrogen and oxygen atoms in total. The maximum atomic E-state index is 13.2. The maximum Gasteiger partial charge on any atom is 0.269 e. The van der Waals surface area contributed by atoms with Crippen molar-refractivity contribution in [2.45, 2.75) is 76.5 Å². The van der Waals surface area contributed by atoms with Crippen molar-refractivity contribution in [1.29, 1.82) is 5.26 Å². The molecule has 1 saturated carbocycles. The topological polar surface area (TPSA) is 203 Å². The lowest BCUT2D eigenvalue weighted by Gasteiger charge is -2.63. The number of fused-ring (bicyclic) bond motifs is 1. The molecule has 4 amide bonds. The van der Waals surface area contributed by atoms with E-state index in [2.05, 4.69) is 15.6 Å². The van der Waals surface area contributed by atoms with Crippen molar-refractivity contribution in [3.8, 4) is 23.4 Å². The number of halogens is 1. The number of carbonyl (C=O) groups excluding carboxylic acids is 4. The summed E-state index contributed by atoms with van der Waals surface area (Å²) < 4.78 is 50.3. The summed E-state index contributed by atoms with van der Waals surface area (Å²) >= 11 is 6.20. The van der Waals surface area contributed by atoms with E-state index in [1.165, 1.54) is 24.4 Å². The zero-order valence-electron chi connectivity index (χ0n) is 31.3. The highest BCUT2D eigenvalue weighted by Crippen LogP contribution is 2.55. The molecule has 3 aliphatic rings. The summed E-state index contributed by atoms with van der Waals surface area (Å²) in [5.41, 5.74) is -0.118. The molecule has 296 valence electrons. The molecule has 0 spiro atoms. The standard InChI is InChI=1S/C39H42ClN5O10S/c1-38(2)36(39(3,4)37(38)55-26-9-7-23(21-41)28(40)19-26)44-33(47)24-8-14-32(42-22-24)54-18-6-16-52-15-5-17-53-25-10-11-27-30(20-25)56(50,51)45(35(27)49)29-12-13-31(46)43-34(29)48/h7-11,14,19-20,22,29,36-37H,5-6,12-13,15-18H2,1-4H3,(H,44,47)(H,43,46,48). The van der Waals surface area contributed by atoms with Gasteiger partial charge in [-0.3, -0.25) is 24.5 Å². The fourth-order valence-electron chi connectivity index (χ4n) is 7.73. The number of sulfonamides is 1. The third kappa shape index (κ3) is 8.02. The zero-order chi connectivity index (χ0) is 40.4. The molecular formula is C39H42ClN5O10S. The Morgan fingerprint density at radius 2 is 1.68 bits per heavy atom. The summed E-state index contributed by atoms with van der Waals surface area (Å²) in [4.78, 5) is 53.9. The van der Waals surface area contributed by atoms with Crippen LogP contribution in [0.15, 0.2) is 59.6 Å². The molecule has 1 atom stereocenters. The van der Waals surface area contributed by atoms with E-state index < -0.39 is 44.6 Å². The van der Waals surface area contributed by atoms with E-state index in [-0.39, 0.29) is 53.7 Å². The van der Waals surface area contributed by atoms with Gasteiger partial charge in [0.1, 0.15) is 34.6 Å². The zero-order valence-corrected chi connectivity index (χ0v) is 32.9. The number of nitrogens with zero attached hydrogens (tertiary/aromatic N) is 3. The van der Waals surface area contributed by atoms with Crippen LogP contribution in [0.1, 0.15) is 79.7 Å². The number of ether oxygens (including phenoxy) is 4. The number of piperidine rings is 1. The van der Waals surface area contributed by atoms with Crippen LogP contribution in [0.4, 0.5) is 0 Å². The molecule has 1 saturated heterocycles. The molecule has 2 aliphatic heterocycles. The van der Waals surface area contributed by atoms with Crippen molar-refractivity contribution < 1.29 is 46.5 Å². The number of amides is 4. The number of benzene rings is 2. The van der Waals surface area contributed by atoms with Gasteiger partial charge in [0.25, 0.3) is 27.7 Å². The molecule has 6 rings (SSSR count). The van der Waals surface area contributed by atoms with E-state index in [9.17, 15) is 27.6 Å². The summed E-state index contributed by atoms with van der Waals surface area (Å²) in [6.45, 7) is 9.47. The number of carbonyl (C=O) groups is 4. The minimum absolute atomic E-state index is 0.0592. The number of pyridine rings is 1. The van der Waals surface area contributed by atoms with Crippen LogP contribution in [0.25, 0.3) is 0 Å². The summed E-state index contributed by atoms with van der Waals surface area (Å²) in [5, 5.41) is 14.7. The van der Waals surface area contributed by atoms with Gasteiger partial charge in [-0.15, -0.1) is 0 Å². The smallest absolute Gasteiger partial charge is 0.269 e. The minimum atomic E-state index is -4.31. The first-order valence-electron chi connectivity index (χ1n) is 18.1. The highest BCUT2D eigenvalue weighted by Gasteiger charge is 2.64. The SMILES string of the molecule is CC1(C)C(NC(=O)c2ccc(OCCCOCCCOc3ccc4c(c3)S(=O)(=O)N(C3CCC(=O)NC3=O)C4=O)nc2)C(C)(C)C1Oc1ccc(C#N)c(Cl)c1. The van der Waals surface area contributed by atoms with Gasteiger partial charge < -0.3 is 24.3 Å². The van der Waals surface area contributed by atoms with E-state index in [0.717, 1.165) is 0 Å². The molecule has 3 aromatic rings. The van der Waals surface area contributed by atoms with Gasteiger partial charge in [0.2, 0.25) is 11.8 Å². The van der Waals surface area contributed by atoms with Crippen molar-refractivity contribution in [2.24, 2.45) is 10.8 Å². The number of aromatic nitrogens is 1. The van der Waals surface area contributed by atoms with Gasteiger partial charge in [-0.2, -0.15) is 5.26 Å². The number of hydrogen-bond donors (Lipinski definition) is 2. The number of imide groups is 1. The summed E-state index contributed by atoms with van der Waals surface area (Å²) in [5.74, 6) is -1.25. The first kappa shape index (κ1) is 40.4. The van der Waals surface area contributed by atoms with Gasteiger partial charge in [0, 0.05) is 73.7 Å². The van der Waals surface area contributed by atoms with Gasteiger partial charge in [-0.25, -0.2) is 17.7 Å². The first-order valence-corrected chi connectivity index (χ1v) is 19.9. The fraction of sp³-hybridized carbons (Fsp3) is 0.436. The van der Waals surface area contributed by atoms with Crippen LogP contribution in [-0.2, 0) is 24.3 Å². The molecule has 2 N–H and O–H groups in total. The van der Waals surface area contributed by atoms with Crippen LogP contribution >= 0.6 is 11.6 Å². The van der Waals surface area contributed by atoms with Crippen molar-refractivity contribution in [3.63, 3.8) is 0 Å². The third-order valence-electron chi connectivity index (χ3n) is 10.2. The molecule has 17 heteroatoms. The molecular weight excluding hydrogens is 766 g/mol. The second-order valence-electron chi connectivity index (χ2n) is 14.9. The van der Waals surface area contributed by atoms with E-state index in [0.29, 0.717) is 64.7 Å². The predicted molar refractivity (Wildman–Crippen MR) is 201 cm³/mol. The molecule has 1 aliphatic carbocycles. The number of rotatable bonds is 15. The molecule has 56 heavy (non-hydrogen) atoms. The Balaban J connectivity index is 0.879. The fourth-order valence-corrected chi connectivity index (χ4v) is 9.71. The van der Waals surface area contributed by atoms with Gasteiger partial charge in [-0.05, 0) is 36.8 Å². The van der Waals surface area contributed by atoms with Crippen LogP contribution in [0, 0.1) is 22.2 Å². The highest BCUT2D eigenvalue weighted by atomic mass is 35.5. The van der Waals surface area contributed by atoms with Crippen LogP contribution in [0.5, 0.6) is 17.4 Å². The average molecular weight is 808 g/mol. The van der Waals surface area contributed by atoms with Gasteiger partial charge >= 0.3 is 0 Å². The Morgan fingerprint density at radius 1 is 0.982 bits per heavy atom. The van der Waals surface area contributed by atoms with E-state index >= 15 is 0 Å². The molecule has 0 radical (unpaired) electrons. The molecule has 0 bridgehead atoms. The summed E-state index contributed by atoms with van der Waals surface area (Å²) in [6, 6.07) is 12.9. The first-order chi connectivity index (χ1) is 26.5. The molecule has 1 unspecified atom stereocenters. The largest absolute Gasteiger partial charge is 0.493 e. The van der Waals surface area contributed by atoms with E-state index in [1.807, 2.05) is 33.8 Å². The second kappa shape index (κ2) is 16.1. The lowest BCUT2D eigenvalue weighted by atomic mass is 9.49. The van der Waals surface area contributed by atoms with Crippen molar-refractivity contribution in [1.82, 2.24) is 19.9 Å². The monoisotopic (exact) mass is 807 g/mol.